The van der Waals surface area contributed by atoms with Gasteiger partial charge in [-0.2, -0.15) is 13.2 Å². The van der Waals surface area contributed by atoms with Gasteiger partial charge in [-0.15, -0.1) is 0 Å². The second-order valence-electron chi connectivity index (χ2n) is 8.96. The number of carbonyl (C=O) groups is 1. The van der Waals surface area contributed by atoms with Crippen LogP contribution in [-0.2, 0) is 17.3 Å². The summed E-state index contributed by atoms with van der Waals surface area (Å²) in [6, 6.07) is 5.01. The number of aromatic nitrogens is 3. The number of nitrogens with zero attached hydrogens (tertiary/aromatic N) is 4. The number of carbonyl (C=O) groups excluding carboxylic acids is 1. The van der Waals surface area contributed by atoms with E-state index in [2.05, 4.69) is 9.97 Å². The summed E-state index contributed by atoms with van der Waals surface area (Å²) >= 11 is 0. The number of amides is 1. The van der Waals surface area contributed by atoms with Crippen LogP contribution in [0.5, 0.6) is 0 Å². The Morgan fingerprint density at radius 2 is 2.00 bits per heavy atom. The van der Waals surface area contributed by atoms with Crippen molar-refractivity contribution in [1.82, 2.24) is 19.3 Å². The fourth-order valence-electron chi connectivity index (χ4n) is 5.20. The molecular formula is C24H19F4N5O2. The molecular weight excluding hydrogens is 466 g/mol. The van der Waals surface area contributed by atoms with Gasteiger partial charge in [-0.1, -0.05) is 6.07 Å². The van der Waals surface area contributed by atoms with E-state index in [0.29, 0.717) is 22.2 Å². The maximum absolute atomic E-state index is 15.2. The van der Waals surface area contributed by atoms with Crippen LogP contribution in [0.4, 0.5) is 23.4 Å². The molecule has 11 heteroatoms. The van der Waals surface area contributed by atoms with Crippen LogP contribution < -0.4 is 5.73 Å². The molecule has 35 heavy (non-hydrogen) atoms. The molecule has 4 aromatic rings. The number of hydrogen-bond acceptors (Lipinski definition) is 5. The lowest BCUT2D eigenvalue weighted by molar-refractivity contribution is -0.137. The Bertz CT molecular complexity index is 1520. The summed E-state index contributed by atoms with van der Waals surface area (Å²) < 4.78 is 62.5. The SMILES string of the molecule is CC1COC2Cc3cc(C(F)(F)F)ccc3[C@@H]2N1C(=O)c1cc2c(cc1F)nc(N)c1cncn12. The lowest BCUT2D eigenvalue weighted by atomic mass is 9.99. The summed E-state index contributed by atoms with van der Waals surface area (Å²) in [7, 11) is 0. The number of benzene rings is 2. The van der Waals surface area contributed by atoms with Gasteiger partial charge in [-0.25, -0.2) is 14.4 Å². The Morgan fingerprint density at radius 1 is 1.20 bits per heavy atom. The minimum atomic E-state index is -4.48. The monoisotopic (exact) mass is 485 g/mol. The van der Waals surface area contributed by atoms with Gasteiger partial charge in [-0.3, -0.25) is 9.20 Å². The van der Waals surface area contributed by atoms with Crippen LogP contribution in [-0.4, -0.2) is 43.9 Å². The van der Waals surface area contributed by atoms with Gasteiger partial charge in [-0.05, 0) is 36.2 Å². The predicted molar refractivity (Wildman–Crippen MR) is 118 cm³/mol. The fraction of sp³-hybridized carbons (Fsp3) is 0.292. The fourth-order valence-corrected chi connectivity index (χ4v) is 5.20. The number of rotatable bonds is 1. The quantitative estimate of drug-likeness (QED) is 0.410. The Hall–Kier alpha value is -3.73. The van der Waals surface area contributed by atoms with E-state index < -0.39 is 41.7 Å². The Kier molecular flexibility index (Phi) is 4.59. The highest BCUT2D eigenvalue weighted by Crippen LogP contribution is 2.44. The van der Waals surface area contributed by atoms with Crippen molar-refractivity contribution in [3.8, 4) is 0 Å². The Labute approximate surface area is 196 Å². The topological polar surface area (TPSA) is 85.8 Å². The maximum atomic E-state index is 15.2. The highest BCUT2D eigenvalue weighted by molar-refractivity contribution is 5.99. The number of ether oxygens (including phenoxy) is 1. The molecule has 6 rings (SSSR count). The van der Waals surface area contributed by atoms with Crippen LogP contribution >= 0.6 is 0 Å². The molecule has 180 valence electrons. The smallest absolute Gasteiger partial charge is 0.382 e. The van der Waals surface area contributed by atoms with Crippen molar-refractivity contribution >= 4 is 28.3 Å². The molecule has 0 radical (unpaired) electrons. The van der Waals surface area contributed by atoms with Crippen molar-refractivity contribution in [2.24, 2.45) is 0 Å². The zero-order valence-corrected chi connectivity index (χ0v) is 18.4. The van der Waals surface area contributed by atoms with Crippen molar-refractivity contribution in [2.75, 3.05) is 12.3 Å². The van der Waals surface area contributed by atoms with Crippen LogP contribution in [0, 0.1) is 5.82 Å². The minimum Gasteiger partial charge on any atom is -0.382 e. The number of nitrogens with two attached hydrogens (primary N) is 1. The van der Waals surface area contributed by atoms with Crippen LogP contribution in [0.3, 0.4) is 0 Å². The number of halogens is 4. The van der Waals surface area contributed by atoms with E-state index in [4.69, 9.17) is 10.5 Å². The number of imidazole rings is 1. The van der Waals surface area contributed by atoms with Crippen LogP contribution in [0.1, 0.15) is 40.0 Å². The highest BCUT2D eigenvalue weighted by atomic mass is 19.4. The van der Waals surface area contributed by atoms with Crippen molar-refractivity contribution in [3.63, 3.8) is 0 Å². The first kappa shape index (κ1) is 21.8. The average molecular weight is 485 g/mol. The van der Waals surface area contributed by atoms with Gasteiger partial charge >= 0.3 is 6.18 Å². The van der Waals surface area contributed by atoms with E-state index in [9.17, 15) is 18.0 Å². The van der Waals surface area contributed by atoms with E-state index >= 15 is 4.39 Å². The third-order valence-electron chi connectivity index (χ3n) is 6.82. The number of morpholine rings is 1. The van der Waals surface area contributed by atoms with Crippen molar-refractivity contribution in [2.45, 2.75) is 37.7 Å². The minimum absolute atomic E-state index is 0.174. The largest absolute Gasteiger partial charge is 0.416 e. The number of anilines is 1. The molecule has 2 aromatic heterocycles. The van der Waals surface area contributed by atoms with Gasteiger partial charge in [0, 0.05) is 12.5 Å². The molecule has 2 aromatic carbocycles. The maximum Gasteiger partial charge on any atom is 0.416 e. The van der Waals surface area contributed by atoms with Gasteiger partial charge in [0.1, 0.15) is 17.2 Å². The van der Waals surface area contributed by atoms with E-state index in [1.165, 1.54) is 29.6 Å². The molecule has 2 N–H and O–H groups in total. The zero-order chi connectivity index (χ0) is 24.6. The Morgan fingerprint density at radius 3 is 2.77 bits per heavy atom. The van der Waals surface area contributed by atoms with Crippen molar-refractivity contribution in [1.29, 1.82) is 0 Å². The number of nitrogen functional groups attached to an aromatic ring is 1. The first-order chi connectivity index (χ1) is 16.6. The van der Waals surface area contributed by atoms with Crippen molar-refractivity contribution in [3.05, 3.63) is 70.9 Å². The molecule has 1 amide bonds. The second kappa shape index (κ2) is 7.38. The molecule has 2 unspecified atom stereocenters. The van der Waals surface area contributed by atoms with Gasteiger partial charge in [0.05, 0.1) is 59.5 Å². The first-order valence-corrected chi connectivity index (χ1v) is 11.0. The van der Waals surface area contributed by atoms with Crippen LogP contribution in [0.25, 0.3) is 16.6 Å². The summed E-state index contributed by atoms with van der Waals surface area (Å²) in [5, 5.41) is 0. The van der Waals surface area contributed by atoms with Gasteiger partial charge in [0.15, 0.2) is 0 Å². The number of hydrogen-bond donors (Lipinski definition) is 1. The average Bonchev–Trinajstić information content (AvgIpc) is 3.43. The predicted octanol–water partition coefficient (Wildman–Crippen LogP) is 4.15. The van der Waals surface area contributed by atoms with Crippen molar-refractivity contribution < 1.29 is 27.1 Å². The molecule has 0 bridgehead atoms. The molecule has 3 atom stereocenters. The van der Waals surface area contributed by atoms with E-state index in [1.807, 2.05) is 0 Å². The lowest BCUT2D eigenvalue weighted by Gasteiger charge is -2.42. The summed E-state index contributed by atoms with van der Waals surface area (Å²) in [4.78, 5) is 23.6. The third-order valence-corrected chi connectivity index (χ3v) is 6.82. The van der Waals surface area contributed by atoms with Gasteiger partial charge < -0.3 is 15.4 Å². The van der Waals surface area contributed by atoms with Gasteiger partial charge in [0.25, 0.3) is 5.91 Å². The summed E-state index contributed by atoms with van der Waals surface area (Å²) in [6.07, 6.45) is -1.73. The van der Waals surface area contributed by atoms with Crippen LogP contribution in [0.2, 0.25) is 0 Å². The summed E-state index contributed by atoms with van der Waals surface area (Å²) in [5.41, 5.74) is 7.30. The van der Waals surface area contributed by atoms with Crippen LogP contribution in [0.15, 0.2) is 42.9 Å². The molecule has 0 spiro atoms. The zero-order valence-electron chi connectivity index (χ0n) is 18.4. The second-order valence-corrected chi connectivity index (χ2v) is 8.96. The molecule has 7 nitrogen and oxygen atoms in total. The number of fused-ring (bicyclic) bond motifs is 6. The molecule has 1 saturated heterocycles. The molecule has 1 aliphatic heterocycles. The standard InChI is InChI=1S/C24H19F4N5O2/c1-11-9-35-20-5-12-4-13(24(26,27)28)2-3-14(12)21(20)33(11)23(34)15-6-18-17(7-16(15)25)31-22(29)19-8-30-10-32(18)19/h2-4,6-8,10-11,20-21H,5,9H2,1H3,(H2,29,31)/t11?,20?,21-/m0/s1. The summed E-state index contributed by atoms with van der Waals surface area (Å²) in [5.74, 6) is -1.17. The first-order valence-electron chi connectivity index (χ1n) is 11.0. The molecule has 3 heterocycles. The van der Waals surface area contributed by atoms with Gasteiger partial charge in [0.2, 0.25) is 0 Å². The van der Waals surface area contributed by atoms with E-state index in [0.717, 1.165) is 18.2 Å². The highest BCUT2D eigenvalue weighted by Gasteiger charge is 2.46. The molecule has 2 aliphatic rings. The normalized spacial score (nSPS) is 22.0. The Balaban J connectivity index is 1.46. The molecule has 1 aliphatic carbocycles. The molecule has 0 saturated carbocycles. The summed E-state index contributed by atoms with van der Waals surface area (Å²) in [6.45, 7) is 1.96. The lowest BCUT2D eigenvalue weighted by Crippen LogP contribution is -2.52. The third kappa shape index (κ3) is 3.25. The number of alkyl halides is 3. The van der Waals surface area contributed by atoms with E-state index in [-0.39, 0.29) is 29.9 Å². The molecule has 1 fully saturated rings. The van der Waals surface area contributed by atoms with E-state index in [1.54, 1.807) is 11.3 Å².